The minimum absolute atomic E-state index is 0.00795. The zero-order chi connectivity index (χ0) is 21.6. The fourth-order valence-corrected chi connectivity index (χ4v) is 3.63. The van der Waals surface area contributed by atoms with E-state index in [9.17, 15) is 4.79 Å². The molecule has 6 heteroatoms. The lowest BCUT2D eigenvalue weighted by Gasteiger charge is -2.35. The molecule has 6 nitrogen and oxygen atoms in total. The monoisotopic (exact) mass is 414 g/mol. The van der Waals surface area contributed by atoms with Gasteiger partial charge in [-0.25, -0.2) is 9.97 Å². The largest absolute Gasteiger partial charge is 0.496 e. The van der Waals surface area contributed by atoms with Crippen molar-refractivity contribution in [2.45, 2.75) is 6.92 Å². The first-order chi connectivity index (χ1) is 15.1. The van der Waals surface area contributed by atoms with Crippen molar-refractivity contribution in [2.24, 2.45) is 0 Å². The molecule has 1 aliphatic heterocycles. The second-order valence-electron chi connectivity index (χ2n) is 7.52. The van der Waals surface area contributed by atoms with E-state index >= 15 is 0 Å². The van der Waals surface area contributed by atoms with Crippen LogP contribution in [0.1, 0.15) is 11.1 Å². The Balaban J connectivity index is 1.38. The van der Waals surface area contributed by atoms with Gasteiger partial charge in [0.15, 0.2) is 0 Å². The average Bonchev–Trinajstić information content (AvgIpc) is 2.83. The molecule has 0 atom stereocenters. The lowest BCUT2D eigenvalue weighted by molar-refractivity contribution is -0.126. The molecule has 0 radical (unpaired) electrons. The first-order valence-corrected chi connectivity index (χ1v) is 10.4. The molecule has 0 spiro atoms. The van der Waals surface area contributed by atoms with Gasteiger partial charge in [0, 0.05) is 49.4 Å². The fourth-order valence-electron chi connectivity index (χ4n) is 3.63. The van der Waals surface area contributed by atoms with Crippen LogP contribution >= 0.6 is 0 Å². The van der Waals surface area contributed by atoms with E-state index < -0.39 is 0 Å². The third-order valence-corrected chi connectivity index (χ3v) is 5.46. The summed E-state index contributed by atoms with van der Waals surface area (Å²) in [4.78, 5) is 25.6. The molecule has 1 aliphatic rings. The summed E-state index contributed by atoms with van der Waals surface area (Å²) < 4.78 is 5.34. The molecule has 1 saturated heterocycles. The molecule has 0 aliphatic carbocycles. The normalized spacial score (nSPS) is 14.1. The summed E-state index contributed by atoms with van der Waals surface area (Å²) in [5, 5.41) is 0. The molecule has 1 fully saturated rings. The lowest BCUT2D eigenvalue weighted by atomic mass is 10.1. The van der Waals surface area contributed by atoms with Crippen molar-refractivity contribution in [3.63, 3.8) is 0 Å². The number of aromatic nitrogens is 2. The fraction of sp³-hybridized carbons (Fsp3) is 0.240. The molecular weight excluding hydrogens is 388 g/mol. The Bertz CT molecular complexity index is 1070. The summed E-state index contributed by atoms with van der Waals surface area (Å²) in [6.45, 7) is 4.84. The van der Waals surface area contributed by atoms with Gasteiger partial charge in [-0.3, -0.25) is 4.79 Å². The van der Waals surface area contributed by atoms with Crippen molar-refractivity contribution in [3.05, 3.63) is 78.1 Å². The Morgan fingerprint density at radius 1 is 1.00 bits per heavy atom. The number of benzene rings is 2. The Labute approximate surface area is 182 Å². The number of carbonyl (C=O) groups is 1. The molecule has 0 saturated carbocycles. The number of anilines is 1. The second-order valence-corrected chi connectivity index (χ2v) is 7.52. The van der Waals surface area contributed by atoms with Gasteiger partial charge in [0.05, 0.1) is 12.8 Å². The van der Waals surface area contributed by atoms with Gasteiger partial charge in [-0.05, 0) is 19.1 Å². The minimum atomic E-state index is 0.00795. The predicted octanol–water partition coefficient (Wildman–Crippen LogP) is 3.82. The standard InChI is InChI=1S/C25H26N4O2/c1-19-7-9-20(10-8-19)22-17-24(27-18-26-22)28-13-15-29(16-14-28)25(30)12-11-21-5-3-4-6-23(21)31-2/h3-12,17-18H,13-16H2,1-2H3/b12-11+. The van der Waals surface area contributed by atoms with Crippen molar-refractivity contribution in [3.8, 4) is 17.0 Å². The van der Waals surface area contributed by atoms with E-state index in [2.05, 4.69) is 46.1 Å². The molecule has 2 aromatic carbocycles. The van der Waals surface area contributed by atoms with Crippen molar-refractivity contribution >= 4 is 17.8 Å². The van der Waals surface area contributed by atoms with E-state index in [-0.39, 0.29) is 5.91 Å². The highest BCUT2D eigenvalue weighted by Gasteiger charge is 2.21. The highest BCUT2D eigenvalue weighted by Crippen LogP contribution is 2.22. The van der Waals surface area contributed by atoms with E-state index in [0.29, 0.717) is 13.1 Å². The van der Waals surface area contributed by atoms with Crippen LogP contribution in [-0.2, 0) is 4.79 Å². The maximum Gasteiger partial charge on any atom is 0.246 e. The molecule has 4 rings (SSSR count). The Morgan fingerprint density at radius 2 is 1.74 bits per heavy atom. The van der Waals surface area contributed by atoms with Crippen LogP contribution in [0.4, 0.5) is 5.82 Å². The maximum absolute atomic E-state index is 12.6. The topological polar surface area (TPSA) is 58.6 Å². The van der Waals surface area contributed by atoms with Crippen LogP contribution in [-0.4, -0.2) is 54.1 Å². The van der Waals surface area contributed by atoms with Gasteiger partial charge in [-0.2, -0.15) is 0 Å². The van der Waals surface area contributed by atoms with E-state index in [1.165, 1.54) is 5.56 Å². The van der Waals surface area contributed by atoms with Crippen LogP contribution in [0.15, 0.2) is 67.0 Å². The van der Waals surface area contributed by atoms with E-state index in [0.717, 1.165) is 41.5 Å². The van der Waals surface area contributed by atoms with Gasteiger partial charge in [-0.15, -0.1) is 0 Å². The number of rotatable bonds is 5. The number of aryl methyl sites for hydroxylation is 1. The van der Waals surface area contributed by atoms with Crippen LogP contribution in [0.3, 0.4) is 0 Å². The highest BCUT2D eigenvalue weighted by atomic mass is 16.5. The minimum Gasteiger partial charge on any atom is -0.496 e. The van der Waals surface area contributed by atoms with Gasteiger partial charge in [0.1, 0.15) is 17.9 Å². The van der Waals surface area contributed by atoms with Crippen molar-refractivity contribution < 1.29 is 9.53 Å². The van der Waals surface area contributed by atoms with Crippen molar-refractivity contribution in [2.75, 3.05) is 38.2 Å². The quantitative estimate of drug-likeness (QED) is 0.594. The highest BCUT2D eigenvalue weighted by molar-refractivity contribution is 5.92. The second kappa shape index (κ2) is 9.43. The number of carbonyl (C=O) groups excluding carboxylic acids is 1. The smallest absolute Gasteiger partial charge is 0.246 e. The number of hydrogen-bond donors (Lipinski definition) is 0. The zero-order valence-electron chi connectivity index (χ0n) is 17.9. The lowest BCUT2D eigenvalue weighted by Crippen LogP contribution is -2.48. The number of hydrogen-bond acceptors (Lipinski definition) is 5. The van der Waals surface area contributed by atoms with Gasteiger partial charge >= 0.3 is 0 Å². The number of amides is 1. The average molecular weight is 415 g/mol. The van der Waals surface area contributed by atoms with E-state index in [1.54, 1.807) is 19.5 Å². The summed E-state index contributed by atoms with van der Waals surface area (Å²) in [5.74, 6) is 1.65. The SMILES string of the molecule is COc1ccccc1/C=C/C(=O)N1CCN(c2cc(-c3ccc(C)cc3)ncn2)CC1. The number of methoxy groups -OCH3 is 1. The molecule has 158 valence electrons. The first-order valence-electron chi connectivity index (χ1n) is 10.4. The van der Waals surface area contributed by atoms with E-state index in [4.69, 9.17) is 4.74 Å². The van der Waals surface area contributed by atoms with Gasteiger partial charge in [0.2, 0.25) is 5.91 Å². The number of piperazine rings is 1. The first kappa shape index (κ1) is 20.6. The summed E-state index contributed by atoms with van der Waals surface area (Å²) in [6.07, 6.45) is 5.04. The molecule has 1 aromatic heterocycles. The molecule has 0 N–H and O–H groups in total. The van der Waals surface area contributed by atoms with Gasteiger partial charge in [-0.1, -0.05) is 48.0 Å². The molecule has 3 aromatic rings. The molecule has 31 heavy (non-hydrogen) atoms. The number of nitrogens with zero attached hydrogens (tertiary/aromatic N) is 4. The Hall–Kier alpha value is -3.67. The summed E-state index contributed by atoms with van der Waals surface area (Å²) in [6, 6.07) is 18.0. The third kappa shape index (κ3) is 4.91. The van der Waals surface area contributed by atoms with Crippen LogP contribution < -0.4 is 9.64 Å². The Morgan fingerprint density at radius 3 is 2.48 bits per heavy atom. The number of ether oxygens (including phenoxy) is 1. The molecule has 0 bridgehead atoms. The van der Waals surface area contributed by atoms with Crippen LogP contribution in [0.2, 0.25) is 0 Å². The van der Waals surface area contributed by atoms with Gasteiger partial charge in [0.25, 0.3) is 0 Å². The molecule has 2 heterocycles. The van der Waals surface area contributed by atoms with Crippen LogP contribution in [0.25, 0.3) is 17.3 Å². The van der Waals surface area contributed by atoms with Crippen LogP contribution in [0.5, 0.6) is 5.75 Å². The van der Waals surface area contributed by atoms with Crippen molar-refractivity contribution in [1.82, 2.24) is 14.9 Å². The van der Waals surface area contributed by atoms with Gasteiger partial charge < -0.3 is 14.5 Å². The summed E-state index contributed by atoms with van der Waals surface area (Å²) in [5.41, 5.74) is 4.09. The predicted molar refractivity (Wildman–Crippen MR) is 123 cm³/mol. The van der Waals surface area contributed by atoms with Crippen LogP contribution in [0, 0.1) is 6.92 Å². The van der Waals surface area contributed by atoms with Crippen molar-refractivity contribution in [1.29, 1.82) is 0 Å². The zero-order valence-corrected chi connectivity index (χ0v) is 17.9. The maximum atomic E-state index is 12.6. The number of para-hydroxylation sites is 1. The molecular formula is C25H26N4O2. The summed E-state index contributed by atoms with van der Waals surface area (Å²) in [7, 11) is 1.63. The summed E-state index contributed by atoms with van der Waals surface area (Å²) >= 11 is 0. The molecule has 1 amide bonds. The third-order valence-electron chi connectivity index (χ3n) is 5.46. The molecule has 0 unspecified atom stereocenters. The Kier molecular flexibility index (Phi) is 6.26. The van der Waals surface area contributed by atoms with E-state index in [1.807, 2.05) is 41.3 Å².